The molecule has 4 aliphatic heterocycles. The Morgan fingerprint density at radius 3 is 2.46 bits per heavy atom. The van der Waals surface area contributed by atoms with Gasteiger partial charge in [-0.2, -0.15) is 9.97 Å². The van der Waals surface area contributed by atoms with Gasteiger partial charge in [0.25, 0.3) is 0 Å². The van der Waals surface area contributed by atoms with Crippen LogP contribution in [0.5, 0.6) is 17.5 Å². The van der Waals surface area contributed by atoms with Gasteiger partial charge in [0.1, 0.15) is 43.3 Å². The average Bonchev–Trinajstić information content (AvgIpc) is 3.87. The van der Waals surface area contributed by atoms with Crippen LogP contribution in [0.15, 0.2) is 30.3 Å². The molecule has 302 valence electrons. The minimum atomic E-state index is -2.27. The second kappa shape index (κ2) is 14.7. The Labute approximate surface area is 335 Å². The summed E-state index contributed by atoms with van der Waals surface area (Å²) in [5.74, 6) is 3.25. The molecule has 4 aromatic rings. The van der Waals surface area contributed by atoms with E-state index >= 15 is 8.78 Å². The molecule has 0 radical (unpaired) electrons. The van der Waals surface area contributed by atoms with Gasteiger partial charge in [0.15, 0.2) is 5.82 Å². The maximum Gasteiger partial charge on any atom is 0.319 e. The molecule has 4 fully saturated rings. The predicted molar refractivity (Wildman–Crippen MR) is 223 cm³/mol. The van der Waals surface area contributed by atoms with Crippen molar-refractivity contribution in [3.63, 3.8) is 0 Å². The van der Waals surface area contributed by atoms with E-state index in [2.05, 4.69) is 68.1 Å². The quantitative estimate of drug-likeness (QED) is 0.129. The number of morpholine rings is 1. The number of aromatic nitrogens is 2. The third-order valence-electron chi connectivity index (χ3n) is 13.8. The molecular formula is C45H55F2N5O4Si. The van der Waals surface area contributed by atoms with Crippen LogP contribution in [0.1, 0.15) is 72.8 Å². The fraction of sp³-hybridized carbons (Fsp3) is 0.556. The lowest BCUT2D eigenvalue weighted by Crippen LogP contribution is -2.60. The number of benzene rings is 3. The minimum absolute atomic E-state index is 0.00171. The number of phenolic OH excluding ortho intramolecular Hbond substituents is 1. The highest BCUT2D eigenvalue weighted by Crippen LogP contribution is 2.49. The van der Waals surface area contributed by atoms with Crippen molar-refractivity contribution in [2.45, 2.75) is 102 Å². The number of halogens is 2. The Kier molecular flexibility index (Phi) is 9.90. The molecule has 5 aliphatic rings. The van der Waals surface area contributed by atoms with Crippen LogP contribution in [-0.4, -0.2) is 98.8 Å². The molecule has 5 heterocycles. The Balaban J connectivity index is 1.21. The fourth-order valence-corrected chi connectivity index (χ4v) is 15.9. The first-order chi connectivity index (χ1) is 27.4. The number of ether oxygens (including phenoxy) is 3. The fourth-order valence-electron chi connectivity index (χ4n) is 10.6. The summed E-state index contributed by atoms with van der Waals surface area (Å²) < 4.78 is 52.6. The van der Waals surface area contributed by atoms with Crippen LogP contribution in [0.3, 0.4) is 0 Å². The Bertz CT molecular complexity index is 2260. The molecule has 9 nitrogen and oxygen atoms in total. The number of hydrogen-bond donors (Lipinski definition) is 2. The number of nitrogens with zero attached hydrogens (tertiary/aromatic N) is 4. The summed E-state index contributed by atoms with van der Waals surface area (Å²) in [5.41, 5.74) is 5.45. The monoisotopic (exact) mass is 795 g/mol. The number of aromatic hydroxyl groups is 1. The topological polar surface area (TPSA) is 92.2 Å². The van der Waals surface area contributed by atoms with Gasteiger partial charge in [-0.1, -0.05) is 53.5 Å². The number of anilines is 1. The van der Waals surface area contributed by atoms with Gasteiger partial charge in [-0.3, -0.25) is 4.90 Å². The predicted octanol–water partition coefficient (Wildman–Crippen LogP) is 8.20. The summed E-state index contributed by atoms with van der Waals surface area (Å²) in [6, 6.07) is 8.41. The van der Waals surface area contributed by atoms with E-state index < -0.39 is 19.7 Å². The van der Waals surface area contributed by atoms with E-state index in [1.165, 1.54) is 12.1 Å². The van der Waals surface area contributed by atoms with Crippen molar-refractivity contribution in [1.29, 1.82) is 0 Å². The highest BCUT2D eigenvalue weighted by Gasteiger charge is 2.47. The van der Waals surface area contributed by atoms with Gasteiger partial charge >= 0.3 is 6.01 Å². The zero-order valence-electron chi connectivity index (χ0n) is 34.1. The molecule has 12 heteroatoms. The van der Waals surface area contributed by atoms with E-state index in [1.54, 1.807) is 18.2 Å². The lowest BCUT2D eigenvalue weighted by Gasteiger charge is -2.40. The van der Waals surface area contributed by atoms with Crippen LogP contribution < -0.4 is 19.7 Å². The van der Waals surface area contributed by atoms with Crippen LogP contribution in [-0.2, 0) is 4.74 Å². The van der Waals surface area contributed by atoms with Crippen molar-refractivity contribution < 1.29 is 28.1 Å². The number of fused-ring (bicyclic) bond motifs is 6. The zero-order chi connectivity index (χ0) is 39.8. The molecule has 57 heavy (non-hydrogen) atoms. The summed E-state index contributed by atoms with van der Waals surface area (Å²) in [7, 11) is -2.27. The van der Waals surface area contributed by atoms with Crippen LogP contribution in [0.4, 0.5) is 14.6 Å². The highest BCUT2D eigenvalue weighted by molar-refractivity contribution is 6.90. The molecule has 0 unspecified atom stereocenters. The van der Waals surface area contributed by atoms with Crippen molar-refractivity contribution in [2.75, 3.05) is 57.5 Å². The van der Waals surface area contributed by atoms with E-state index in [0.29, 0.717) is 75.7 Å². The number of phenols is 1. The maximum absolute atomic E-state index is 17.7. The summed E-state index contributed by atoms with van der Waals surface area (Å²) in [6.45, 7) is 19.0. The van der Waals surface area contributed by atoms with Crippen LogP contribution >= 0.6 is 0 Å². The van der Waals surface area contributed by atoms with Gasteiger partial charge < -0.3 is 29.5 Å². The summed E-state index contributed by atoms with van der Waals surface area (Å²) >= 11 is 0. The third kappa shape index (κ3) is 6.72. The molecule has 3 aromatic carbocycles. The van der Waals surface area contributed by atoms with Crippen molar-refractivity contribution >= 4 is 35.6 Å². The normalized spacial score (nSPS) is 22.8. The largest absolute Gasteiger partial charge is 0.508 e. The van der Waals surface area contributed by atoms with Gasteiger partial charge in [-0.05, 0) is 77.5 Å². The second-order valence-corrected chi connectivity index (χ2v) is 23.8. The molecule has 2 bridgehead atoms. The van der Waals surface area contributed by atoms with Gasteiger partial charge in [-0.15, -0.1) is 5.54 Å². The number of rotatable bonds is 9. The number of piperazine rings is 1. The maximum atomic E-state index is 17.7. The SMILES string of the molecule is CC(C)[Si](C#Cc1c(F)ccc2cc(O)cc(-c3cc4c5c(nc(OCC6(CN7CCOCC7)CC6)nc5c3F)N3C[C@H]5CC[C@H](N5)[C@H]3CO4)c12)(C(C)C)C(C)C. The van der Waals surface area contributed by atoms with Gasteiger partial charge in [0.2, 0.25) is 0 Å². The molecule has 3 atom stereocenters. The molecule has 1 aromatic heterocycles. The highest BCUT2D eigenvalue weighted by atomic mass is 28.3. The molecule has 0 amide bonds. The molecule has 1 aliphatic carbocycles. The molecule has 0 spiro atoms. The zero-order valence-corrected chi connectivity index (χ0v) is 35.1. The lowest BCUT2D eigenvalue weighted by molar-refractivity contribution is 0.0231. The molecule has 1 saturated carbocycles. The number of nitrogens with one attached hydrogen (secondary N) is 1. The van der Waals surface area contributed by atoms with Crippen molar-refractivity contribution in [2.24, 2.45) is 5.41 Å². The molecule has 2 N–H and O–H groups in total. The van der Waals surface area contributed by atoms with E-state index in [0.717, 1.165) is 58.5 Å². The van der Waals surface area contributed by atoms with Crippen molar-refractivity contribution in [3.05, 3.63) is 47.5 Å². The van der Waals surface area contributed by atoms with Gasteiger partial charge in [0, 0.05) is 54.6 Å². The van der Waals surface area contributed by atoms with Crippen molar-refractivity contribution in [3.8, 4) is 40.1 Å². The molecular weight excluding hydrogens is 741 g/mol. The van der Waals surface area contributed by atoms with Crippen LogP contribution in [0.25, 0.3) is 32.8 Å². The summed E-state index contributed by atoms with van der Waals surface area (Å²) in [4.78, 5) is 14.6. The van der Waals surface area contributed by atoms with Crippen LogP contribution in [0, 0.1) is 28.5 Å². The number of hydrogen-bond acceptors (Lipinski definition) is 9. The summed E-state index contributed by atoms with van der Waals surface area (Å²) in [6.07, 6.45) is 4.17. The first kappa shape index (κ1) is 38.5. The summed E-state index contributed by atoms with van der Waals surface area (Å²) in [5, 5.41) is 16.4. The van der Waals surface area contributed by atoms with E-state index in [4.69, 9.17) is 24.2 Å². The smallest absolute Gasteiger partial charge is 0.319 e. The first-order valence-electron chi connectivity index (χ1n) is 21.0. The minimum Gasteiger partial charge on any atom is -0.508 e. The molecule has 9 rings (SSSR count). The second-order valence-electron chi connectivity index (χ2n) is 18.2. The van der Waals surface area contributed by atoms with Gasteiger partial charge in [-0.25, -0.2) is 8.78 Å². The molecule has 3 saturated heterocycles. The van der Waals surface area contributed by atoms with E-state index in [-0.39, 0.29) is 45.9 Å². The Morgan fingerprint density at radius 1 is 0.982 bits per heavy atom. The van der Waals surface area contributed by atoms with Gasteiger partial charge in [0.05, 0.1) is 36.8 Å². The van der Waals surface area contributed by atoms with Crippen molar-refractivity contribution in [1.82, 2.24) is 20.2 Å². The Hall–Kier alpha value is -4.02. The van der Waals surface area contributed by atoms with E-state index in [9.17, 15) is 5.11 Å². The third-order valence-corrected chi connectivity index (χ3v) is 20.1. The van der Waals surface area contributed by atoms with E-state index in [1.807, 2.05) is 0 Å². The standard InChI is InChI=1S/C45H55F2N5O4Si/c1-26(2)57(27(3)4,28(5)6)18-11-32-35(46)9-7-29-19-31(53)20-33(39(29)32)34-21-38-40-42(41(34)47)49-44(56-25-45(12-13-45)24-51-14-16-54-17-15-51)50-43(40)52-22-30-8-10-36(48-30)37(52)23-55-38/h7,9,19-21,26-28,30,36-37,48,53H,8,10,12-17,22-25H2,1-6H3/t30-,36+,37-/m1/s1. The first-order valence-corrected chi connectivity index (χ1v) is 23.2. The Morgan fingerprint density at radius 2 is 1.74 bits per heavy atom. The van der Waals surface area contributed by atoms with Crippen LogP contribution in [0.2, 0.25) is 16.6 Å². The average molecular weight is 796 g/mol. The lowest BCUT2D eigenvalue weighted by atomic mass is 9.92.